The molecule has 1 saturated carbocycles. The van der Waals surface area contributed by atoms with Gasteiger partial charge in [-0.25, -0.2) is 8.78 Å². The lowest BCUT2D eigenvalue weighted by atomic mass is 9.92. The molecule has 16 heavy (non-hydrogen) atoms. The topological polar surface area (TPSA) is 50.4 Å². The van der Waals surface area contributed by atoms with Crippen LogP contribution >= 0.6 is 0 Å². The molecule has 0 heterocycles. The zero-order valence-corrected chi connectivity index (χ0v) is 9.76. The molecule has 0 radical (unpaired) electrons. The van der Waals surface area contributed by atoms with Gasteiger partial charge in [0.2, 0.25) is 5.92 Å². The van der Waals surface area contributed by atoms with Crippen molar-refractivity contribution in [3.63, 3.8) is 0 Å². The molecule has 92 valence electrons. The van der Waals surface area contributed by atoms with Crippen molar-refractivity contribution in [1.82, 2.24) is 5.32 Å². The Balaban J connectivity index is 2.47. The number of halogens is 2. The minimum absolute atomic E-state index is 0.0486. The summed E-state index contributed by atoms with van der Waals surface area (Å²) in [4.78, 5) is 4.02. The van der Waals surface area contributed by atoms with Crippen molar-refractivity contribution in [2.45, 2.75) is 44.6 Å². The van der Waals surface area contributed by atoms with Gasteiger partial charge in [0.05, 0.1) is 0 Å². The third-order valence-electron chi connectivity index (χ3n) is 2.67. The van der Waals surface area contributed by atoms with Gasteiger partial charge in [-0.1, -0.05) is 0 Å². The van der Waals surface area contributed by atoms with Gasteiger partial charge in [-0.15, -0.1) is 0 Å². The summed E-state index contributed by atoms with van der Waals surface area (Å²) in [5.41, 5.74) is 6.18. The van der Waals surface area contributed by atoms with E-state index in [1.165, 1.54) is 0 Å². The first-order valence-corrected chi connectivity index (χ1v) is 5.48. The summed E-state index contributed by atoms with van der Waals surface area (Å²) >= 11 is 0. The smallest absolute Gasteiger partial charge is 0.248 e. The maximum atomic E-state index is 12.9. The Hall–Kier alpha value is -1.13. The number of amidine groups is 1. The van der Waals surface area contributed by atoms with Crippen LogP contribution in [0.4, 0.5) is 8.78 Å². The number of aliphatic imine (C=N–C) groups is 1. The van der Waals surface area contributed by atoms with Crippen LogP contribution in [0.1, 0.15) is 32.6 Å². The molecule has 0 amide bonds. The molecule has 0 saturated heterocycles. The first kappa shape index (κ1) is 12.9. The molecular formula is C11H19F2N3. The molecule has 0 unspecified atom stereocenters. The van der Waals surface area contributed by atoms with Crippen LogP contribution in [0.2, 0.25) is 0 Å². The van der Waals surface area contributed by atoms with Gasteiger partial charge in [0, 0.05) is 31.6 Å². The monoisotopic (exact) mass is 231 g/mol. The second-order valence-corrected chi connectivity index (χ2v) is 4.27. The van der Waals surface area contributed by atoms with E-state index in [1.54, 1.807) is 20.0 Å². The Labute approximate surface area is 94.8 Å². The van der Waals surface area contributed by atoms with Crippen LogP contribution in [0.5, 0.6) is 0 Å². The number of nitrogens with zero attached hydrogens (tertiary/aromatic N) is 1. The predicted molar refractivity (Wildman–Crippen MR) is 61.6 cm³/mol. The number of nitrogens with two attached hydrogens (primary N) is 1. The van der Waals surface area contributed by atoms with Gasteiger partial charge in [0.1, 0.15) is 5.84 Å². The number of hydrogen-bond donors (Lipinski definition) is 2. The van der Waals surface area contributed by atoms with Crippen LogP contribution < -0.4 is 11.1 Å². The minimum atomic E-state index is -2.48. The minimum Gasteiger partial charge on any atom is -0.402 e. The number of alkyl halides is 2. The van der Waals surface area contributed by atoms with Gasteiger partial charge < -0.3 is 11.1 Å². The van der Waals surface area contributed by atoms with Gasteiger partial charge in [0.15, 0.2) is 0 Å². The molecule has 5 heteroatoms. The van der Waals surface area contributed by atoms with Crippen LogP contribution in [0.3, 0.4) is 0 Å². The first-order chi connectivity index (χ1) is 7.43. The van der Waals surface area contributed by atoms with Gasteiger partial charge in [-0.2, -0.15) is 0 Å². The molecular weight excluding hydrogens is 212 g/mol. The van der Waals surface area contributed by atoms with Gasteiger partial charge in [0.25, 0.3) is 0 Å². The molecule has 0 atom stereocenters. The summed E-state index contributed by atoms with van der Waals surface area (Å²) in [5, 5.41) is 3.14. The average Bonchev–Trinajstić information content (AvgIpc) is 2.19. The highest BCUT2D eigenvalue weighted by atomic mass is 19.3. The molecule has 0 spiro atoms. The van der Waals surface area contributed by atoms with E-state index < -0.39 is 5.92 Å². The molecule has 1 aliphatic rings. The molecule has 0 aliphatic heterocycles. The second kappa shape index (κ2) is 5.27. The van der Waals surface area contributed by atoms with Crippen molar-refractivity contribution in [2.24, 2.45) is 10.7 Å². The summed E-state index contributed by atoms with van der Waals surface area (Å²) in [6.45, 7) is 1.77. The van der Waals surface area contributed by atoms with Crippen molar-refractivity contribution in [1.29, 1.82) is 0 Å². The lowest BCUT2D eigenvalue weighted by Gasteiger charge is -2.29. The van der Waals surface area contributed by atoms with E-state index in [4.69, 9.17) is 5.73 Å². The third kappa shape index (κ3) is 4.16. The fraction of sp³-hybridized carbons (Fsp3) is 0.727. The molecule has 0 aromatic carbocycles. The summed E-state index contributed by atoms with van der Waals surface area (Å²) in [5.74, 6) is -1.82. The summed E-state index contributed by atoms with van der Waals surface area (Å²) in [6.07, 6.45) is 2.57. The molecule has 1 rings (SSSR count). The highest BCUT2D eigenvalue weighted by Gasteiger charge is 2.34. The van der Waals surface area contributed by atoms with Crippen molar-refractivity contribution in [2.75, 3.05) is 7.05 Å². The van der Waals surface area contributed by atoms with E-state index in [9.17, 15) is 8.78 Å². The summed E-state index contributed by atoms with van der Waals surface area (Å²) < 4.78 is 25.8. The fourth-order valence-electron chi connectivity index (χ4n) is 1.78. The molecule has 0 aromatic rings. The maximum absolute atomic E-state index is 12.9. The van der Waals surface area contributed by atoms with E-state index in [-0.39, 0.29) is 18.9 Å². The summed E-state index contributed by atoms with van der Waals surface area (Å²) in [6, 6.07) is 0.0777. The highest BCUT2D eigenvalue weighted by molar-refractivity contribution is 5.93. The molecule has 1 aliphatic carbocycles. The molecule has 1 fully saturated rings. The number of allylic oxidation sites excluding steroid dienone is 1. The van der Waals surface area contributed by atoms with Crippen LogP contribution in [0, 0.1) is 0 Å². The zero-order valence-electron chi connectivity index (χ0n) is 9.76. The van der Waals surface area contributed by atoms with Gasteiger partial charge in [-0.3, -0.25) is 4.99 Å². The fourth-order valence-corrected chi connectivity index (χ4v) is 1.78. The molecule has 3 N–H and O–H groups in total. The quantitative estimate of drug-likeness (QED) is 0.564. The van der Waals surface area contributed by atoms with Crippen molar-refractivity contribution in [3.05, 3.63) is 11.8 Å². The normalized spacial score (nSPS) is 23.2. The Morgan fingerprint density at radius 2 is 2.00 bits per heavy atom. The Morgan fingerprint density at radius 1 is 1.44 bits per heavy atom. The van der Waals surface area contributed by atoms with Crippen LogP contribution in [0.25, 0.3) is 0 Å². The largest absolute Gasteiger partial charge is 0.402 e. The summed E-state index contributed by atoms with van der Waals surface area (Å²) in [7, 11) is 1.65. The predicted octanol–water partition coefficient (Wildman–Crippen LogP) is 2.04. The van der Waals surface area contributed by atoms with E-state index >= 15 is 0 Å². The standard InChI is InChI=1S/C11H19F2N3/c1-8(14)7-10(15-2)16-9-3-5-11(12,13)6-4-9/h7,9H,3-6,14H2,1-2H3,(H,15,16). The van der Waals surface area contributed by atoms with E-state index in [0.29, 0.717) is 24.4 Å². The number of nitrogens with one attached hydrogen (secondary N) is 1. The van der Waals surface area contributed by atoms with Crippen molar-refractivity contribution < 1.29 is 8.78 Å². The Kier molecular flexibility index (Phi) is 4.26. The first-order valence-electron chi connectivity index (χ1n) is 5.48. The SMILES string of the molecule is CN=C(C=C(C)N)NC1CCC(F)(F)CC1. The van der Waals surface area contributed by atoms with Crippen LogP contribution in [-0.2, 0) is 0 Å². The number of rotatable bonds is 2. The average molecular weight is 231 g/mol. The Morgan fingerprint density at radius 3 is 2.44 bits per heavy atom. The Bertz CT molecular complexity index is 284. The van der Waals surface area contributed by atoms with E-state index in [1.807, 2.05) is 0 Å². The van der Waals surface area contributed by atoms with Gasteiger partial charge in [-0.05, 0) is 25.8 Å². The van der Waals surface area contributed by atoms with Gasteiger partial charge >= 0.3 is 0 Å². The van der Waals surface area contributed by atoms with Crippen molar-refractivity contribution in [3.8, 4) is 0 Å². The van der Waals surface area contributed by atoms with E-state index in [0.717, 1.165) is 0 Å². The molecule has 0 bridgehead atoms. The van der Waals surface area contributed by atoms with Crippen molar-refractivity contribution >= 4 is 5.84 Å². The lowest BCUT2D eigenvalue weighted by Crippen LogP contribution is -2.39. The maximum Gasteiger partial charge on any atom is 0.248 e. The second-order valence-electron chi connectivity index (χ2n) is 4.27. The lowest BCUT2D eigenvalue weighted by molar-refractivity contribution is -0.0390. The highest BCUT2D eigenvalue weighted by Crippen LogP contribution is 2.32. The van der Waals surface area contributed by atoms with Crippen LogP contribution in [-0.4, -0.2) is 24.8 Å². The molecule has 3 nitrogen and oxygen atoms in total. The molecule has 0 aromatic heterocycles. The third-order valence-corrected chi connectivity index (χ3v) is 2.67. The van der Waals surface area contributed by atoms with E-state index in [2.05, 4.69) is 10.3 Å². The van der Waals surface area contributed by atoms with Crippen LogP contribution in [0.15, 0.2) is 16.8 Å². The number of hydrogen-bond acceptors (Lipinski definition) is 2. The zero-order chi connectivity index (χ0) is 12.2.